The van der Waals surface area contributed by atoms with Crippen molar-refractivity contribution in [2.24, 2.45) is 0 Å². The molecule has 0 aliphatic carbocycles. The highest BCUT2D eigenvalue weighted by Crippen LogP contribution is 2.15. The molecular weight excluding hydrogens is 298 g/mol. The molecule has 2 aromatic rings. The summed E-state index contributed by atoms with van der Waals surface area (Å²) in [5, 5.41) is 4.24. The van der Waals surface area contributed by atoms with E-state index in [4.69, 9.17) is 16.3 Å². The van der Waals surface area contributed by atoms with Gasteiger partial charge in [0.2, 0.25) is 0 Å². The van der Waals surface area contributed by atoms with Crippen LogP contribution in [-0.4, -0.2) is 29.4 Å². The van der Waals surface area contributed by atoms with Crippen LogP contribution in [0, 0.1) is 0 Å². The first-order valence-electron chi connectivity index (χ1n) is 5.94. The number of halogens is 1. The van der Waals surface area contributed by atoms with E-state index in [0.717, 1.165) is 5.75 Å². The van der Waals surface area contributed by atoms with E-state index in [2.05, 4.69) is 15.3 Å². The van der Waals surface area contributed by atoms with Crippen LogP contribution in [0.4, 0.5) is 5.69 Å². The van der Waals surface area contributed by atoms with Gasteiger partial charge >= 0.3 is 0 Å². The average molecular weight is 312 g/mol. The summed E-state index contributed by atoms with van der Waals surface area (Å²) in [6.45, 7) is 0.942. The lowest BCUT2D eigenvalue weighted by Gasteiger charge is -2.08. The van der Waals surface area contributed by atoms with Crippen molar-refractivity contribution < 1.29 is 4.74 Å². The maximum absolute atomic E-state index is 11.7. The van der Waals surface area contributed by atoms with E-state index in [1.807, 2.05) is 6.26 Å². The molecule has 0 atom stereocenters. The highest BCUT2D eigenvalue weighted by molar-refractivity contribution is 7.98. The third kappa shape index (κ3) is 4.18. The number of ether oxygens (including phenoxy) is 1. The molecule has 7 heteroatoms. The Kier molecular flexibility index (Phi) is 5.31. The molecular formula is C13H14ClN3O2S. The summed E-state index contributed by atoms with van der Waals surface area (Å²) < 4.78 is 5.51. The van der Waals surface area contributed by atoms with Crippen molar-refractivity contribution in [1.29, 1.82) is 0 Å². The number of hydrogen-bond donors (Lipinski definition) is 2. The molecule has 0 amide bonds. The molecule has 1 heterocycles. The van der Waals surface area contributed by atoms with Gasteiger partial charge in [-0.25, -0.2) is 4.98 Å². The second kappa shape index (κ2) is 7.21. The van der Waals surface area contributed by atoms with Gasteiger partial charge in [0.1, 0.15) is 18.0 Å². The van der Waals surface area contributed by atoms with Crippen molar-refractivity contribution in [3.05, 3.63) is 45.8 Å². The largest absolute Gasteiger partial charge is 0.492 e. The molecule has 0 radical (unpaired) electrons. The van der Waals surface area contributed by atoms with Crippen molar-refractivity contribution in [3.63, 3.8) is 0 Å². The zero-order chi connectivity index (χ0) is 14.4. The Morgan fingerprint density at radius 1 is 1.40 bits per heavy atom. The highest BCUT2D eigenvalue weighted by Gasteiger charge is 2.01. The fourth-order valence-corrected chi connectivity index (χ4v) is 1.97. The molecule has 20 heavy (non-hydrogen) atoms. The molecule has 0 unspecified atom stereocenters. The summed E-state index contributed by atoms with van der Waals surface area (Å²) in [4.78, 5) is 18.4. The van der Waals surface area contributed by atoms with E-state index in [9.17, 15) is 4.79 Å². The molecule has 2 rings (SSSR count). The minimum Gasteiger partial charge on any atom is -0.492 e. The SMILES string of the molecule is CSc1ncc(NCCOc2ccc(Cl)cc2)c(=O)[nH]1. The van der Waals surface area contributed by atoms with Crippen LogP contribution in [0.15, 0.2) is 40.4 Å². The van der Waals surface area contributed by atoms with Crippen LogP contribution >= 0.6 is 23.4 Å². The molecule has 0 fully saturated rings. The smallest absolute Gasteiger partial charge is 0.274 e. The summed E-state index contributed by atoms with van der Waals surface area (Å²) in [7, 11) is 0. The van der Waals surface area contributed by atoms with Gasteiger partial charge in [-0.2, -0.15) is 0 Å². The van der Waals surface area contributed by atoms with E-state index in [1.165, 1.54) is 18.0 Å². The molecule has 2 N–H and O–H groups in total. The Labute approximate surface area is 125 Å². The number of thioether (sulfide) groups is 1. The molecule has 1 aromatic carbocycles. The molecule has 0 saturated carbocycles. The summed E-state index contributed by atoms with van der Waals surface area (Å²) in [6.07, 6.45) is 3.37. The number of nitrogens with zero attached hydrogens (tertiary/aromatic N) is 1. The molecule has 0 spiro atoms. The van der Waals surface area contributed by atoms with Crippen molar-refractivity contribution in [2.45, 2.75) is 5.16 Å². The summed E-state index contributed by atoms with van der Waals surface area (Å²) >= 11 is 7.17. The summed E-state index contributed by atoms with van der Waals surface area (Å²) in [5.41, 5.74) is 0.248. The lowest BCUT2D eigenvalue weighted by atomic mass is 10.3. The van der Waals surface area contributed by atoms with Gasteiger partial charge in [0.15, 0.2) is 5.16 Å². The molecule has 0 saturated heterocycles. The topological polar surface area (TPSA) is 67.0 Å². The van der Waals surface area contributed by atoms with Gasteiger partial charge in [0, 0.05) is 11.6 Å². The quantitative estimate of drug-likeness (QED) is 0.488. The van der Waals surface area contributed by atoms with Crippen molar-refractivity contribution in [3.8, 4) is 5.75 Å². The Morgan fingerprint density at radius 3 is 2.80 bits per heavy atom. The predicted octanol–water partition coefficient (Wildman–Crippen LogP) is 2.64. The minimum atomic E-state index is -0.184. The number of aromatic nitrogens is 2. The maximum Gasteiger partial charge on any atom is 0.274 e. The van der Waals surface area contributed by atoms with Crippen LogP contribution in [0.1, 0.15) is 0 Å². The first-order valence-corrected chi connectivity index (χ1v) is 7.55. The second-order valence-electron chi connectivity index (χ2n) is 3.86. The maximum atomic E-state index is 11.7. The number of anilines is 1. The molecule has 0 aliphatic heterocycles. The summed E-state index contributed by atoms with van der Waals surface area (Å²) in [5.74, 6) is 0.737. The average Bonchev–Trinajstić information content (AvgIpc) is 2.46. The second-order valence-corrected chi connectivity index (χ2v) is 5.10. The van der Waals surface area contributed by atoms with Gasteiger partial charge in [0.25, 0.3) is 5.56 Å². The Balaban J connectivity index is 1.81. The molecule has 1 aromatic heterocycles. The van der Waals surface area contributed by atoms with Crippen LogP contribution in [0.5, 0.6) is 5.75 Å². The Bertz CT molecular complexity index is 616. The molecule has 0 bridgehead atoms. The summed E-state index contributed by atoms with van der Waals surface area (Å²) in [6, 6.07) is 7.12. The fourth-order valence-electron chi connectivity index (χ4n) is 1.49. The van der Waals surface area contributed by atoms with Gasteiger partial charge < -0.3 is 10.1 Å². The fraction of sp³-hybridized carbons (Fsp3) is 0.231. The highest BCUT2D eigenvalue weighted by atomic mass is 35.5. The predicted molar refractivity (Wildman–Crippen MR) is 82.1 cm³/mol. The third-order valence-corrected chi connectivity index (χ3v) is 3.32. The number of hydrogen-bond acceptors (Lipinski definition) is 5. The molecule has 0 aliphatic rings. The van der Waals surface area contributed by atoms with Crippen molar-refractivity contribution in [1.82, 2.24) is 9.97 Å². The van der Waals surface area contributed by atoms with E-state index in [0.29, 0.717) is 29.0 Å². The zero-order valence-corrected chi connectivity index (χ0v) is 12.4. The third-order valence-electron chi connectivity index (χ3n) is 2.47. The van der Waals surface area contributed by atoms with E-state index in [1.54, 1.807) is 24.3 Å². The van der Waals surface area contributed by atoms with Crippen LogP contribution in [-0.2, 0) is 0 Å². The van der Waals surface area contributed by atoms with Crippen LogP contribution < -0.4 is 15.6 Å². The van der Waals surface area contributed by atoms with Crippen LogP contribution in [0.25, 0.3) is 0 Å². The van der Waals surface area contributed by atoms with E-state index < -0.39 is 0 Å². The van der Waals surface area contributed by atoms with Gasteiger partial charge in [-0.05, 0) is 30.5 Å². The Morgan fingerprint density at radius 2 is 2.15 bits per heavy atom. The molecule has 106 valence electrons. The first kappa shape index (κ1) is 14.7. The van der Waals surface area contributed by atoms with Crippen LogP contribution in [0.3, 0.4) is 0 Å². The van der Waals surface area contributed by atoms with Crippen molar-refractivity contribution >= 4 is 29.1 Å². The standard InChI is InChI=1S/C13H14ClN3O2S/c1-20-13-16-8-11(12(18)17-13)15-6-7-19-10-4-2-9(14)3-5-10/h2-5,8,15H,6-7H2,1H3,(H,16,17,18). The van der Waals surface area contributed by atoms with Gasteiger partial charge in [-0.15, -0.1) is 0 Å². The number of rotatable bonds is 6. The normalized spacial score (nSPS) is 10.3. The molecule has 5 nitrogen and oxygen atoms in total. The van der Waals surface area contributed by atoms with Gasteiger partial charge in [-0.1, -0.05) is 23.4 Å². The number of H-pyrrole nitrogens is 1. The Hall–Kier alpha value is -1.66. The zero-order valence-electron chi connectivity index (χ0n) is 10.9. The lowest BCUT2D eigenvalue weighted by Crippen LogP contribution is -2.19. The number of benzene rings is 1. The monoisotopic (exact) mass is 311 g/mol. The first-order chi connectivity index (χ1) is 9.69. The van der Waals surface area contributed by atoms with Gasteiger partial charge in [-0.3, -0.25) is 9.78 Å². The number of nitrogens with one attached hydrogen (secondary N) is 2. The van der Waals surface area contributed by atoms with E-state index >= 15 is 0 Å². The van der Waals surface area contributed by atoms with Gasteiger partial charge in [0.05, 0.1) is 6.20 Å². The lowest BCUT2D eigenvalue weighted by molar-refractivity contribution is 0.333. The minimum absolute atomic E-state index is 0.184. The number of aromatic amines is 1. The van der Waals surface area contributed by atoms with Crippen molar-refractivity contribution in [2.75, 3.05) is 24.7 Å². The van der Waals surface area contributed by atoms with Crippen LogP contribution in [0.2, 0.25) is 5.02 Å². The van der Waals surface area contributed by atoms with E-state index in [-0.39, 0.29) is 5.56 Å².